The van der Waals surface area contributed by atoms with Crippen molar-refractivity contribution in [3.63, 3.8) is 0 Å². The van der Waals surface area contributed by atoms with Gasteiger partial charge in [0.1, 0.15) is 5.25 Å². The van der Waals surface area contributed by atoms with Crippen LogP contribution in [0.1, 0.15) is 38.2 Å². The number of nitrogens with one attached hydrogen (secondary N) is 1. The van der Waals surface area contributed by atoms with Crippen LogP contribution in [0.25, 0.3) is 0 Å². The quantitative estimate of drug-likeness (QED) is 0.874. The summed E-state index contributed by atoms with van der Waals surface area (Å²) in [6.07, 6.45) is 4.22. The third-order valence-corrected chi connectivity index (χ3v) is 5.85. The minimum absolute atomic E-state index is 0.171. The summed E-state index contributed by atoms with van der Waals surface area (Å²) in [5.41, 5.74) is 7.27. The molecule has 20 heavy (non-hydrogen) atoms. The van der Waals surface area contributed by atoms with Crippen molar-refractivity contribution in [3.8, 4) is 0 Å². The molecule has 1 aromatic carbocycles. The highest BCUT2D eigenvalue weighted by molar-refractivity contribution is 7.87. The fraction of sp³-hybridized carbons (Fsp3) is 0.533. The number of carbonyl (C=O) groups is 1. The Kier molecular flexibility index (Phi) is 5.31. The lowest BCUT2D eigenvalue weighted by Crippen LogP contribution is -2.33. The van der Waals surface area contributed by atoms with Gasteiger partial charge in [0.25, 0.3) is 0 Å². The van der Waals surface area contributed by atoms with Gasteiger partial charge in [-0.15, -0.1) is 0 Å². The van der Waals surface area contributed by atoms with Crippen LogP contribution in [0.2, 0.25) is 0 Å². The Hall–Kier alpha value is -1.20. The summed E-state index contributed by atoms with van der Waals surface area (Å²) < 4.78 is 12.3. The number of rotatable bonds is 5. The zero-order valence-corrected chi connectivity index (χ0v) is 12.6. The molecule has 2 unspecified atom stereocenters. The SMILES string of the molecule is CC(C(=O)Nc1ccc(CN)cc1)S(=O)C1CCCC1. The second-order valence-corrected chi connectivity index (χ2v) is 7.30. The maximum absolute atomic E-state index is 12.3. The summed E-state index contributed by atoms with van der Waals surface area (Å²) in [4.78, 5) is 12.1. The topological polar surface area (TPSA) is 72.2 Å². The molecule has 1 amide bonds. The maximum atomic E-state index is 12.3. The lowest BCUT2D eigenvalue weighted by molar-refractivity contribution is -0.115. The van der Waals surface area contributed by atoms with E-state index in [9.17, 15) is 9.00 Å². The smallest absolute Gasteiger partial charge is 0.239 e. The first-order chi connectivity index (χ1) is 9.61. The molecule has 0 heterocycles. The van der Waals surface area contributed by atoms with Crippen LogP contribution in [0.4, 0.5) is 5.69 Å². The molecule has 2 atom stereocenters. The van der Waals surface area contributed by atoms with Crippen LogP contribution in [0.15, 0.2) is 24.3 Å². The fourth-order valence-electron chi connectivity index (χ4n) is 2.48. The van der Waals surface area contributed by atoms with Crippen LogP contribution >= 0.6 is 0 Å². The van der Waals surface area contributed by atoms with E-state index < -0.39 is 16.0 Å². The van der Waals surface area contributed by atoms with E-state index in [1.165, 1.54) is 0 Å². The Bertz CT molecular complexity index is 481. The molecule has 3 N–H and O–H groups in total. The summed E-state index contributed by atoms with van der Waals surface area (Å²) in [6.45, 7) is 2.23. The summed E-state index contributed by atoms with van der Waals surface area (Å²) in [5.74, 6) is -0.171. The lowest BCUT2D eigenvalue weighted by atomic mass is 10.2. The first kappa shape index (κ1) is 15.2. The second kappa shape index (κ2) is 6.99. The summed E-state index contributed by atoms with van der Waals surface area (Å²) >= 11 is 0. The van der Waals surface area contributed by atoms with Gasteiger partial charge < -0.3 is 11.1 Å². The average Bonchev–Trinajstić information content (AvgIpc) is 3.00. The minimum atomic E-state index is -1.08. The summed E-state index contributed by atoms with van der Waals surface area (Å²) in [5, 5.41) is 2.55. The molecule has 1 saturated carbocycles. The molecule has 5 heteroatoms. The molecule has 0 saturated heterocycles. The predicted molar refractivity (Wildman–Crippen MR) is 82.8 cm³/mol. The van der Waals surface area contributed by atoms with Crippen molar-refractivity contribution >= 4 is 22.4 Å². The molecule has 4 nitrogen and oxygen atoms in total. The Morgan fingerprint density at radius 1 is 1.35 bits per heavy atom. The van der Waals surface area contributed by atoms with E-state index in [-0.39, 0.29) is 11.2 Å². The van der Waals surface area contributed by atoms with Crippen molar-refractivity contribution in [2.24, 2.45) is 5.73 Å². The number of anilines is 1. The van der Waals surface area contributed by atoms with E-state index in [1.54, 1.807) is 6.92 Å². The standard InChI is InChI=1S/C15H22N2O2S/c1-11(20(19)14-4-2-3-5-14)15(18)17-13-8-6-12(10-16)7-9-13/h6-9,11,14H,2-5,10,16H2,1H3,(H,17,18). The number of nitrogens with two attached hydrogens (primary N) is 1. The van der Waals surface area contributed by atoms with Gasteiger partial charge in [-0.1, -0.05) is 25.0 Å². The third-order valence-electron chi connectivity index (χ3n) is 3.81. The van der Waals surface area contributed by atoms with Gasteiger partial charge >= 0.3 is 0 Å². The van der Waals surface area contributed by atoms with Crippen molar-refractivity contribution in [1.29, 1.82) is 0 Å². The number of amides is 1. The Morgan fingerprint density at radius 3 is 2.50 bits per heavy atom. The van der Waals surface area contributed by atoms with Crippen LogP contribution in [-0.4, -0.2) is 20.6 Å². The van der Waals surface area contributed by atoms with Gasteiger partial charge in [-0.05, 0) is 37.5 Å². The fourth-order valence-corrected chi connectivity index (χ4v) is 4.13. The molecular weight excluding hydrogens is 272 g/mol. The van der Waals surface area contributed by atoms with Crippen molar-refractivity contribution in [2.75, 3.05) is 5.32 Å². The van der Waals surface area contributed by atoms with Crippen molar-refractivity contribution < 1.29 is 9.00 Å². The summed E-state index contributed by atoms with van der Waals surface area (Å²) in [7, 11) is -1.08. The van der Waals surface area contributed by atoms with Crippen LogP contribution < -0.4 is 11.1 Å². The normalized spacial score (nSPS) is 18.7. The van der Waals surface area contributed by atoms with Gasteiger partial charge in [0, 0.05) is 28.3 Å². The molecule has 1 aliphatic rings. The third kappa shape index (κ3) is 3.67. The number of hydrogen-bond acceptors (Lipinski definition) is 3. The van der Waals surface area contributed by atoms with Gasteiger partial charge in [0.2, 0.25) is 5.91 Å². The van der Waals surface area contributed by atoms with E-state index in [1.807, 2.05) is 24.3 Å². The predicted octanol–water partition coefficient (Wildman–Crippen LogP) is 2.16. The Morgan fingerprint density at radius 2 is 1.95 bits per heavy atom. The molecule has 110 valence electrons. The minimum Gasteiger partial charge on any atom is -0.326 e. The van der Waals surface area contributed by atoms with E-state index in [2.05, 4.69) is 5.32 Å². The average molecular weight is 294 g/mol. The molecule has 1 aromatic rings. The van der Waals surface area contributed by atoms with Crippen LogP contribution in [0.5, 0.6) is 0 Å². The molecule has 0 bridgehead atoms. The second-order valence-electron chi connectivity index (χ2n) is 5.27. The highest BCUT2D eigenvalue weighted by atomic mass is 32.2. The highest BCUT2D eigenvalue weighted by Crippen LogP contribution is 2.25. The number of carbonyl (C=O) groups excluding carboxylic acids is 1. The van der Waals surface area contributed by atoms with Crippen molar-refractivity contribution in [3.05, 3.63) is 29.8 Å². The lowest BCUT2D eigenvalue weighted by Gasteiger charge is -2.16. The van der Waals surface area contributed by atoms with Crippen LogP contribution in [-0.2, 0) is 22.1 Å². The molecule has 0 radical (unpaired) electrons. The van der Waals surface area contributed by atoms with E-state index >= 15 is 0 Å². The van der Waals surface area contributed by atoms with Gasteiger partial charge in [0.15, 0.2) is 0 Å². The molecular formula is C15H22N2O2S. The van der Waals surface area contributed by atoms with Gasteiger partial charge in [0.05, 0.1) is 0 Å². The number of benzene rings is 1. The first-order valence-corrected chi connectivity index (χ1v) is 8.38. The zero-order chi connectivity index (χ0) is 14.5. The number of hydrogen-bond donors (Lipinski definition) is 2. The van der Waals surface area contributed by atoms with Gasteiger partial charge in [-0.3, -0.25) is 9.00 Å². The van der Waals surface area contributed by atoms with Crippen molar-refractivity contribution in [2.45, 2.75) is 49.7 Å². The van der Waals surface area contributed by atoms with Gasteiger partial charge in [-0.2, -0.15) is 0 Å². The zero-order valence-electron chi connectivity index (χ0n) is 11.8. The summed E-state index contributed by atoms with van der Waals surface area (Å²) in [6, 6.07) is 7.42. The van der Waals surface area contributed by atoms with Crippen LogP contribution in [0, 0.1) is 0 Å². The molecule has 0 aromatic heterocycles. The van der Waals surface area contributed by atoms with E-state index in [0.29, 0.717) is 6.54 Å². The molecule has 0 aliphatic heterocycles. The highest BCUT2D eigenvalue weighted by Gasteiger charge is 2.29. The monoisotopic (exact) mass is 294 g/mol. The van der Waals surface area contributed by atoms with Crippen LogP contribution in [0.3, 0.4) is 0 Å². The van der Waals surface area contributed by atoms with E-state index in [4.69, 9.17) is 5.73 Å². The maximum Gasteiger partial charge on any atom is 0.239 e. The van der Waals surface area contributed by atoms with Crippen molar-refractivity contribution in [1.82, 2.24) is 0 Å². The molecule has 1 aliphatic carbocycles. The Labute approximate surface area is 122 Å². The largest absolute Gasteiger partial charge is 0.326 e. The Balaban J connectivity index is 1.94. The molecule has 0 spiro atoms. The molecule has 2 rings (SSSR count). The first-order valence-electron chi connectivity index (χ1n) is 7.11. The van der Waals surface area contributed by atoms with Gasteiger partial charge in [-0.25, -0.2) is 0 Å². The molecule has 1 fully saturated rings. The van der Waals surface area contributed by atoms with E-state index in [0.717, 1.165) is 36.9 Å².